The van der Waals surface area contributed by atoms with Gasteiger partial charge in [-0.2, -0.15) is 0 Å². The SMILES string of the molecule is C#C.CCOC(=O)c1cccc(NC(=O)Nc2cccc3c(C(=O)C(=O)N4CCN(C(=O)c5ccccc5)CC4)c[nH]c23)c1. The van der Waals surface area contributed by atoms with Gasteiger partial charge in [0.1, 0.15) is 0 Å². The Kier molecular flexibility index (Phi) is 10.1. The van der Waals surface area contributed by atoms with Crippen LogP contribution in [0.1, 0.15) is 38.0 Å². The van der Waals surface area contributed by atoms with Crippen LogP contribution in [-0.4, -0.2) is 77.2 Å². The number of nitrogens with zero attached hydrogens (tertiary/aromatic N) is 2. The maximum atomic E-state index is 13.2. The number of rotatable bonds is 7. The number of urea groups is 1. The van der Waals surface area contributed by atoms with Gasteiger partial charge >= 0.3 is 12.0 Å². The number of terminal acetylenes is 1. The molecule has 1 aliphatic rings. The molecule has 44 heavy (non-hydrogen) atoms. The Balaban J connectivity index is 0.00000216. The number of anilines is 2. The van der Waals surface area contributed by atoms with Crippen molar-refractivity contribution in [1.29, 1.82) is 0 Å². The van der Waals surface area contributed by atoms with Gasteiger partial charge in [-0.15, -0.1) is 12.8 Å². The minimum Gasteiger partial charge on any atom is -0.462 e. The number of Topliss-reactive ketones (excluding diaryl/α,β-unsaturated/α-hetero) is 1. The van der Waals surface area contributed by atoms with Gasteiger partial charge in [0.25, 0.3) is 17.6 Å². The number of nitrogens with one attached hydrogen (secondary N) is 3. The molecule has 0 aliphatic carbocycles. The zero-order valence-electron chi connectivity index (χ0n) is 24.0. The summed E-state index contributed by atoms with van der Waals surface area (Å²) in [7, 11) is 0. The number of carbonyl (C=O) groups is 5. The molecule has 3 N–H and O–H groups in total. The van der Waals surface area contributed by atoms with Gasteiger partial charge in [-0.05, 0) is 43.3 Å². The second-order valence-corrected chi connectivity index (χ2v) is 9.59. The standard InChI is InChI=1S/C31H29N5O6.C2H2/c1-2-42-30(40)21-10-6-11-22(18-21)33-31(41)34-25-13-7-12-23-24(19-32-26(23)25)27(37)29(39)36-16-14-35(15-17-36)28(38)20-8-4-3-5-9-20;1-2/h3-13,18-19,32H,2,14-17H2,1H3,(H2,33,34,41);1-2H. The number of aromatic amines is 1. The van der Waals surface area contributed by atoms with Crippen molar-refractivity contribution in [2.45, 2.75) is 6.92 Å². The lowest BCUT2D eigenvalue weighted by Crippen LogP contribution is -2.52. The molecule has 1 aromatic heterocycles. The number of aromatic nitrogens is 1. The molecule has 0 radical (unpaired) electrons. The number of carbonyl (C=O) groups excluding carboxylic acids is 5. The highest BCUT2D eigenvalue weighted by molar-refractivity contribution is 6.45. The van der Waals surface area contributed by atoms with E-state index in [-0.39, 0.29) is 31.2 Å². The molecule has 0 bridgehead atoms. The van der Waals surface area contributed by atoms with Crippen molar-refractivity contribution in [3.05, 3.63) is 95.7 Å². The van der Waals surface area contributed by atoms with E-state index in [4.69, 9.17) is 4.74 Å². The zero-order chi connectivity index (χ0) is 31.6. The summed E-state index contributed by atoms with van der Waals surface area (Å²) in [6, 6.07) is 19.7. The average molecular weight is 594 g/mol. The molecule has 0 spiro atoms. The van der Waals surface area contributed by atoms with Crippen molar-refractivity contribution >= 4 is 51.9 Å². The van der Waals surface area contributed by atoms with Gasteiger partial charge in [0.2, 0.25) is 0 Å². The molecule has 4 aromatic rings. The first kappa shape index (κ1) is 31.1. The Morgan fingerprint density at radius 3 is 2.18 bits per heavy atom. The third kappa shape index (κ3) is 6.94. The molecule has 3 aromatic carbocycles. The zero-order valence-corrected chi connectivity index (χ0v) is 24.0. The van der Waals surface area contributed by atoms with E-state index in [1.54, 1.807) is 72.5 Å². The highest BCUT2D eigenvalue weighted by atomic mass is 16.5. The van der Waals surface area contributed by atoms with Gasteiger partial charge in [-0.1, -0.05) is 36.4 Å². The van der Waals surface area contributed by atoms with Crippen LogP contribution in [0.2, 0.25) is 0 Å². The van der Waals surface area contributed by atoms with Gasteiger partial charge in [-0.25, -0.2) is 9.59 Å². The molecule has 224 valence electrons. The number of H-pyrrole nitrogens is 1. The number of ketones is 1. The number of benzene rings is 3. The van der Waals surface area contributed by atoms with E-state index >= 15 is 0 Å². The molecule has 5 rings (SSSR count). The third-order valence-corrected chi connectivity index (χ3v) is 6.91. The fourth-order valence-corrected chi connectivity index (χ4v) is 4.80. The van der Waals surface area contributed by atoms with E-state index in [1.807, 2.05) is 6.07 Å². The Bertz CT molecular complexity index is 1700. The van der Waals surface area contributed by atoms with Crippen molar-refractivity contribution in [2.24, 2.45) is 0 Å². The van der Waals surface area contributed by atoms with E-state index in [9.17, 15) is 24.0 Å². The van der Waals surface area contributed by atoms with Crippen LogP contribution in [0.5, 0.6) is 0 Å². The van der Waals surface area contributed by atoms with Crippen LogP contribution in [0.15, 0.2) is 79.0 Å². The first-order chi connectivity index (χ1) is 21.4. The minimum absolute atomic E-state index is 0.110. The maximum Gasteiger partial charge on any atom is 0.338 e. The number of piperazine rings is 1. The maximum absolute atomic E-state index is 13.2. The van der Waals surface area contributed by atoms with E-state index in [0.29, 0.717) is 46.5 Å². The summed E-state index contributed by atoms with van der Waals surface area (Å²) in [6.07, 6.45) is 9.45. The minimum atomic E-state index is -0.679. The molecule has 0 unspecified atom stereocenters. The summed E-state index contributed by atoms with van der Waals surface area (Å²) in [4.78, 5) is 69.9. The summed E-state index contributed by atoms with van der Waals surface area (Å²) in [5.74, 6) is -1.94. The summed E-state index contributed by atoms with van der Waals surface area (Å²) in [5.41, 5.74) is 2.33. The molecule has 11 heteroatoms. The molecule has 11 nitrogen and oxygen atoms in total. The molecule has 2 heterocycles. The van der Waals surface area contributed by atoms with E-state index in [1.165, 1.54) is 17.2 Å². The van der Waals surface area contributed by atoms with Gasteiger partial charge in [0, 0.05) is 49.0 Å². The summed E-state index contributed by atoms with van der Waals surface area (Å²) in [5, 5.41) is 5.90. The van der Waals surface area contributed by atoms with E-state index < -0.39 is 23.7 Å². The van der Waals surface area contributed by atoms with Crippen molar-refractivity contribution < 1.29 is 28.7 Å². The second kappa shape index (κ2) is 14.3. The summed E-state index contributed by atoms with van der Waals surface area (Å²) >= 11 is 0. The Morgan fingerprint density at radius 1 is 0.818 bits per heavy atom. The molecular formula is C33H31N5O6. The normalized spacial score (nSPS) is 12.4. The van der Waals surface area contributed by atoms with Crippen molar-refractivity contribution in [3.63, 3.8) is 0 Å². The van der Waals surface area contributed by atoms with Crippen molar-refractivity contribution in [3.8, 4) is 12.8 Å². The molecule has 0 saturated carbocycles. The predicted octanol–water partition coefficient (Wildman–Crippen LogP) is 4.41. The van der Waals surface area contributed by atoms with Gasteiger partial charge in [0.15, 0.2) is 0 Å². The Hall–Kier alpha value is -5.89. The molecule has 1 fully saturated rings. The number of fused-ring (bicyclic) bond motifs is 1. The van der Waals surface area contributed by atoms with Crippen LogP contribution in [0, 0.1) is 12.8 Å². The Labute approximate surface area is 254 Å². The lowest BCUT2D eigenvalue weighted by Gasteiger charge is -2.34. The number of hydrogen-bond donors (Lipinski definition) is 3. The van der Waals surface area contributed by atoms with Crippen LogP contribution in [0.25, 0.3) is 10.9 Å². The number of hydrogen-bond acceptors (Lipinski definition) is 6. The number of ether oxygens (including phenoxy) is 1. The summed E-state index contributed by atoms with van der Waals surface area (Å²) in [6.45, 7) is 3.09. The molecule has 1 saturated heterocycles. The van der Waals surface area contributed by atoms with Gasteiger partial charge in [0.05, 0.1) is 28.9 Å². The van der Waals surface area contributed by atoms with Crippen molar-refractivity contribution in [1.82, 2.24) is 14.8 Å². The van der Waals surface area contributed by atoms with Crippen molar-refractivity contribution in [2.75, 3.05) is 43.4 Å². The highest BCUT2D eigenvalue weighted by Crippen LogP contribution is 2.27. The predicted molar refractivity (Wildman–Crippen MR) is 166 cm³/mol. The van der Waals surface area contributed by atoms with Crippen LogP contribution < -0.4 is 10.6 Å². The van der Waals surface area contributed by atoms with Gasteiger partial charge < -0.3 is 30.2 Å². The largest absolute Gasteiger partial charge is 0.462 e. The quantitative estimate of drug-likeness (QED) is 0.126. The van der Waals surface area contributed by atoms with E-state index in [0.717, 1.165) is 0 Å². The first-order valence-corrected chi connectivity index (χ1v) is 13.8. The second-order valence-electron chi connectivity index (χ2n) is 9.59. The smallest absolute Gasteiger partial charge is 0.338 e. The molecule has 0 atom stereocenters. The van der Waals surface area contributed by atoms with Crippen LogP contribution in [0.4, 0.5) is 16.2 Å². The number of para-hydroxylation sites is 1. The van der Waals surface area contributed by atoms with E-state index in [2.05, 4.69) is 28.5 Å². The highest BCUT2D eigenvalue weighted by Gasteiger charge is 2.30. The van der Waals surface area contributed by atoms with Crippen LogP contribution in [-0.2, 0) is 9.53 Å². The number of amides is 4. The monoisotopic (exact) mass is 593 g/mol. The van der Waals surface area contributed by atoms with Crippen LogP contribution in [0.3, 0.4) is 0 Å². The molecular weight excluding hydrogens is 562 g/mol. The lowest BCUT2D eigenvalue weighted by molar-refractivity contribution is -0.127. The topological polar surface area (TPSA) is 141 Å². The third-order valence-electron chi connectivity index (χ3n) is 6.91. The average Bonchev–Trinajstić information content (AvgIpc) is 3.50. The summed E-state index contributed by atoms with van der Waals surface area (Å²) < 4.78 is 5.00. The fraction of sp³-hybridized carbons (Fsp3) is 0.182. The molecule has 4 amide bonds. The van der Waals surface area contributed by atoms with Gasteiger partial charge in [-0.3, -0.25) is 14.4 Å². The number of esters is 1. The lowest BCUT2D eigenvalue weighted by atomic mass is 10.1. The van der Waals surface area contributed by atoms with Crippen LogP contribution >= 0.6 is 0 Å². The fourth-order valence-electron chi connectivity index (χ4n) is 4.80. The first-order valence-electron chi connectivity index (χ1n) is 13.8. The molecule has 1 aliphatic heterocycles. The Morgan fingerprint density at radius 2 is 1.48 bits per heavy atom.